The summed E-state index contributed by atoms with van der Waals surface area (Å²) in [5.74, 6) is -0.287. The SMILES string of the molecule is Cc1ccc(F)cc1N1CCC(Br)C1=O. The van der Waals surface area contributed by atoms with E-state index in [1.54, 1.807) is 11.0 Å². The monoisotopic (exact) mass is 271 g/mol. The van der Waals surface area contributed by atoms with Crippen LogP contribution in [-0.4, -0.2) is 17.3 Å². The first-order valence-corrected chi connectivity index (χ1v) is 5.73. The molecule has 2 rings (SSSR count). The molecule has 1 atom stereocenters. The number of carbonyl (C=O) groups excluding carboxylic acids is 1. The fraction of sp³-hybridized carbons (Fsp3) is 0.364. The van der Waals surface area contributed by atoms with Crippen molar-refractivity contribution >= 4 is 27.5 Å². The molecule has 1 heterocycles. The molecule has 0 aromatic heterocycles. The van der Waals surface area contributed by atoms with Gasteiger partial charge in [-0.1, -0.05) is 22.0 Å². The molecule has 0 radical (unpaired) electrons. The van der Waals surface area contributed by atoms with E-state index >= 15 is 0 Å². The van der Waals surface area contributed by atoms with Crippen LogP contribution in [0.4, 0.5) is 10.1 Å². The van der Waals surface area contributed by atoms with Gasteiger partial charge in [-0.05, 0) is 31.0 Å². The van der Waals surface area contributed by atoms with E-state index in [4.69, 9.17) is 0 Å². The number of hydrogen-bond acceptors (Lipinski definition) is 1. The molecule has 1 aliphatic heterocycles. The standard InChI is InChI=1S/C11H11BrFNO/c1-7-2-3-8(13)6-10(7)14-5-4-9(12)11(14)15/h2-3,6,9H,4-5H2,1H3. The van der Waals surface area contributed by atoms with Crippen molar-refractivity contribution in [2.45, 2.75) is 18.2 Å². The van der Waals surface area contributed by atoms with E-state index in [1.807, 2.05) is 6.92 Å². The Hall–Kier alpha value is -0.900. The maximum atomic E-state index is 13.1. The molecule has 1 fully saturated rings. The van der Waals surface area contributed by atoms with Crippen molar-refractivity contribution in [1.82, 2.24) is 0 Å². The van der Waals surface area contributed by atoms with Crippen LogP contribution in [0.25, 0.3) is 0 Å². The zero-order chi connectivity index (χ0) is 11.0. The molecule has 1 unspecified atom stereocenters. The molecule has 1 aliphatic rings. The maximum Gasteiger partial charge on any atom is 0.240 e. The number of amides is 1. The summed E-state index contributed by atoms with van der Waals surface area (Å²) in [4.78, 5) is 13.2. The van der Waals surface area contributed by atoms with Gasteiger partial charge in [0, 0.05) is 12.2 Å². The normalized spacial score (nSPS) is 21.1. The Morgan fingerprint density at radius 3 is 2.87 bits per heavy atom. The number of nitrogens with zero attached hydrogens (tertiary/aromatic N) is 1. The van der Waals surface area contributed by atoms with Gasteiger partial charge in [-0.25, -0.2) is 4.39 Å². The minimum atomic E-state index is -0.304. The van der Waals surface area contributed by atoms with E-state index in [2.05, 4.69) is 15.9 Å². The Morgan fingerprint density at radius 1 is 1.53 bits per heavy atom. The number of benzene rings is 1. The van der Waals surface area contributed by atoms with Gasteiger partial charge in [0.15, 0.2) is 0 Å². The van der Waals surface area contributed by atoms with Gasteiger partial charge in [-0.15, -0.1) is 0 Å². The van der Waals surface area contributed by atoms with Crippen molar-refractivity contribution in [1.29, 1.82) is 0 Å². The lowest BCUT2D eigenvalue weighted by Gasteiger charge is -2.18. The smallest absolute Gasteiger partial charge is 0.240 e. The third-order valence-corrected chi connectivity index (χ3v) is 3.45. The molecule has 0 spiro atoms. The molecule has 80 valence electrons. The third-order valence-electron chi connectivity index (χ3n) is 2.60. The molecule has 0 bridgehead atoms. The highest BCUT2D eigenvalue weighted by molar-refractivity contribution is 9.10. The predicted octanol–water partition coefficient (Wildman–Crippen LogP) is 2.63. The molecular formula is C11H11BrFNO. The van der Waals surface area contributed by atoms with Gasteiger partial charge in [-0.3, -0.25) is 4.79 Å². The number of rotatable bonds is 1. The van der Waals surface area contributed by atoms with Crippen molar-refractivity contribution < 1.29 is 9.18 Å². The summed E-state index contributed by atoms with van der Waals surface area (Å²) in [5.41, 5.74) is 1.60. The number of halogens is 2. The second-order valence-electron chi connectivity index (χ2n) is 3.68. The van der Waals surface area contributed by atoms with Gasteiger partial charge >= 0.3 is 0 Å². The van der Waals surface area contributed by atoms with Crippen molar-refractivity contribution in [3.05, 3.63) is 29.6 Å². The van der Waals surface area contributed by atoms with E-state index < -0.39 is 0 Å². The zero-order valence-corrected chi connectivity index (χ0v) is 9.92. The van der Waals surface area contributed by atoms with Gasteiger partial charge in [-0.2, -0.15) is 0 Å². The van der Waals surface area contributed by atoms with Gasteiger partial charge in [0.1, 0.15) is 5.82 Å². The van der Waals surface area contributed by atoms with E-state index in [9.17, 15) is 9.18 Å². The van der Waals surface area contributed by atoms with Crippen LogP contribution in [0.15, 0.2) is 18.2 Å². The third kappa shape index (κ3) is 1.91. The molecule has 1 saturated heterocycles. The topological polar surface area (TPSA) is 20.3 Å². The summed E-state index contributed by atoms with van der Waals surface area (Å²) < 4.78 is 13.1. The lowest BCUT2D eigenvalue weighted by molar-refractivity contribution is -0.116. The number of aryl methyl sites for hydroxylation is 1. The Morgan fingerprint density at radius 2 is 2.27 bits per heavy atom. The minimum absolute atomic E-state index is 0.0173. The van der Waals surface area contributed by atoms with Crippen molar-refractivity contribution in [2.75, 3.05) is 11.4 Å². The Bertz CT molecular complexity index is 408. The summed E-state index contributed by atoms with van der Waals surface area (Å²) in [5, 5.41) is 0. The highest BCUT2D eigenvalue weighted by Crippen LogP contribution is 2.28. The van der Waals surface area contributed by atoms with Gasteiger partial charge in [0.2, 0.25) is 5.91 Å². The number of hydrogen-bond donors (Lipinski definition) is 0. The second kappa shape index (κ2) is 3.93. The van der Waals surface area contributed by atoms with Crippen LogP contribution in [0, 0.1) is 12.7 Å². The summed E-state index contributed by atoms with van der Waals surface area (Å²) in [6.45, 7) is 2.53. The molecule has 4 heteroatoms. The average molecular weight is 272 g/mol. The van der Waals surface area contributed by atoms with E-state index in [0.717, 1.165) is 12.0 Å². The van der Waals surface area contributed by atoms with Crippen LogP contribution in [-0.2, 0) is 4.79 Å². The van der Waals surface area contributed by atoms with Crippen LogP contribution in [0.2, 0.25) is 0 Å². The minimum Gasteiger partial charge on any atom is -0.311 e. The Labute approximate surface area is 96.2 Å². The van der Waals surface area contributed by atoms with Crippen molar-refractivity contribution in [3.63, 3.8) is 0 Å². The molecule has 0 saturated carbocycles. The van der Waals surface area contributed by atoms with Crippen molar-refractivity contribution in [3.8, 4) is 0 Å². The van der Waals surface area contributed by atoms with E-state index in [1.165, 1.54) is 12.1 Å². The second-order valence-corrected chi connectivity index (χ2v) is 4.78. The summed E-state index contributed by atoms with van der Waals surface area (Å²) >= 11 is 3.30. The summed E-state index contributed by atoms with van der Waals surface area (Å²) in [6.07, 6.45) is 0.773. The summed E-state index contributed by atoms with van der Waals surface area (Å²) in [6, 6.07) is 4.52. The fourth-order valence-electron chi connectivity index (χ4n) is 1.76. The summed E-state index contributed by atoms with van der Waals surface area (Å²) in [7, 11) is 0. The lowest BCUT2D eigenvalue weighted by atomic mass is 10.2. The van der Waals surface area contributed by atoms with Gasteiger partial charge in [0.05, 0.1) is 4.83 Å². The van der Waals surface area contributed by atoms with Gasteiger partial charge < -0.3 is 4.90 Å². The van der Waals surface area contributed by atoms with Gasteiger partial charge in [0.25, 0.3) is 0 Å². The number of alkyl halides is 1. The zero-order valence-electron chi connectivity index (χ0n) is 8.34. The quantitative estimate of drug-likeness (QED) is 0.720. The number of anilines is 1. The molecule has 1 aromatic rings. The van der Waals surface area contributed by atoms with E-state index in [0.29, 0.717) is 12.2 Å². The molecule has 2 nitrogen and oxygen atoms in total. The largest absolute Gasteiger partial charge is 0.311 e. The maximum absolute atomic E-state index is 13.1. The predicted molar refractivity (Wildman–Crippen MR) is 60.8 cm³/mol. The first-order valence-electron chi connectivity index (χ1n) is 4.81. The Kier molecular flexibility index (Phi) is 2.78. The molecule has 1 aromatic carbocycles. The van der Waals surface area contributed by atoms with Crippen molar-refractivity contribution in [2.24, 2.45) is 0 Å². The van der Waals surface area contributed by atoms with Crippen LogP contribution >= 0.6 is 15.9 Å². The molecule has 0 N–H and O–H groups in total. The fourth-order valence-corrected chi connectivity index (χ4v) is 2.21. The van der Waals surface area contributed by atoms with Crippen LogP contribution in [0.1, 0.15) is 12.0 Å². The van der Waals surface area contributed by atoms with Crippen LogP contribution in [0.5, 0.6) is 0 Å². The van der Waals surface area contributed by atoms with E-state index in [-0.39, 0.29) is 16.6 Å². The molecular weight excluding hydrogens is 261 g/mol. The van der Waals surface area contributed by atoms with Crippen LogP contribution in [0.3, 0.4) is 0 Å². The average Bonchev–Trinajstić information content (AvgIpc) is 2.52. The lowest BCUT2D eigenvalue weighted by Crippen LogP contribution is -2.27. The first kappa shape index (κ1) is 10.6. The Balaban J connectivity index is 2.37. The van der Waals surface area contributed by atoms with Crippen LogP contribution < -0.4 is 4.90 Å². The first-order chi connectivity index (χ1) is 7.09. The number of carbonyl (C=O) groups is 1. The molecule has 0 aliphatic carbocycles. The highest BCUT2D eigenvalue weighted by atomic mass is 79.9. The molecule has 15 heavy (non-hydrogen) atoms. The highest BCUT2D eigenvalue weighted by Gasteiger charge is 2.31. The molecule has 1 amide bonds.